The van der Waals surface area contributed by atoms with Gasteiger partial charge in [-0.25, -0.2) is 9.78 Å². The molecule has 0 spiro atoms. The highest BCUT2D eigenvalue weighted by Crippen LogP contribution is 2.26. The number of anilines is 1. The number of carbonyl (C=O) groups excluding carboxylic acids is 1. The van der Waals surface area contributed by atoms with E-state index < -0.39 is 10.9 Å². The summed E-state index contributed by atoms with van der Waals surface area (Å²) in [7, 11) is 1.33. The molecule has 1 aromatic heterocycles. The lowest BCUT2D eigenvalue weighted by Crippen LogP contribution is -2.08. The Labute approximate surface area is 155 Å². The molecule has 0 aliphatic carbocycles. The Bertz CT molecular complexity index is 974. The molecule has 0 atom stereocenters. The normalized spacial score (nSPS) is 10.3. The molecule has 1 N–H and O–H groups in total. The second kappa shape index (κ2) is 8.09. The van der Waals surface area contributed by atoms with Crippen LogP contribution in [-0.2, 0) is 11.3 Å². The minimum absolute atomic E-state index is 0.105. The van der Waals surface area contributed by atoms with Crippen molar-refractivity contribution in [1.29, 1.82) is 0 Å². The van der Waals surface area contributed by atoms with Gasteiger partial charge < -0.3 is 10.1 Å². The zero-order valence-electron chi connectivity index (χ0n) is 14.6. The topological polar surface area (TPSA) is 94.4 Å². The number of nitro groups is 1. The van der Waals surface area contributed by atoms with Crippen molar-refractivity contribution in [2.75, 3.05) is 12.4 Å². The van der Waals surface area contributed by atoms with Gasteiger partial charge in [0.15, 0.2) is 0 Å². The highest BCUT2D eigenvalue weighted by Gasteiger charge is 2.16. The maximum atomic E-state index is 12.2. The molecule has 2 aromatic carbocycles. The quantitative estimate of drug-likeness (QED) is 0.403. The number of aromatic nitrogens is 1. The van der Waals surface area contributed by atoms with E-state index in [0.717, 1.165) is 16.7 Å². The van der Waals surface area contributed by atoms with Crippen molar-refractivity contribution in [2.45, 2.75) is 6.54 Å². The summed E-state index contributed by atoms with van der Waals surface area (Å²) in [6, 6.07) is 17.8. The van der Waals surface area contributed by atoms with Gasteiger partial charge in [0, 0.05) is 18.8 Å². The van der Waals surface area contributed by atoms with Gasteiger partial charge in [0.2, 0.25) is 5.82 Å². The lowest BCUT2D eigenvalue weighted by Gasteiger charge is -2.12. The van der Waals surface area contributed by atoms with Gasteiger partial charge in [-0.05, 0) is 28.8 Å². The molecule has 1 heterocycles. The highest BCUT2D eigenvalue weighted by atomic mass is 16.6. The van der Waals surface area contributed by atoms with E-state index in [2.05, 4.69) is 10.3 Å². The van der Waals surface area contributed by atoms with E-state index in [4.69, 9.17) is 4.74 Å². The number of hydrogen-bond acceptors (Lipinski definition) is 6. The second-order valence-corrected chi connectivity index (χ2v) is 5.72. The van der Waals surface area contributed by atoms with Crippen LogP contribution in [0.5, 0.6) is 0 Å². The molecule has 27 heavy (non-hydrogen) atoms. The van der Waals surface area contributed by atoms with Crippen molar-refractivity contribution < 1.29 is 14.5 Å². The minimum atomic E-state index is -0.492. The number of pyridine rings is 1. The van der Waals surface area contributed by atoms with E-state index in [1.807, 2.05) is 42.5 Å². The Morgan fingerprint density at radius 3 is 2.63 bits per heavy atom. The standard InChI is InChI=1S/C20H17N3O4/c1-27-20(24)17-12-14(9-10-16(17)15-6-3-2-4-7-15)13-22-19-18(23(25)26)8-5-11-21-19/h2-12H,13H2,1H3,(H,21,22). The molecule has 0 radical (unpaired) electrons. The van der Waals surface area contributed by atoms with Crippen LogP contribution in [0.15, 0.2) is 66.9 Å². The van der Waals surface area contributed by atoms with Crippen molar-refractivity contribution in [1.82, 2.24) is 4.98 Å². The summed E-state index contributed by atoms with van der Waals surface area (Å²) in [5.41, 5.74) is 2.76. The van der Waals surface area contributed by atoms with Crippen molar-refractivity contribution in [2.24, 2.45) is 0 Å². The third-order valence-corrected chi connectivity index (χ3v) is 4.02. The molecule has 7 nitrogen and oxygen atoms in total. The Balaban J connectivity index is 1.90. The van der Waals surface area contributed by atoms with Crippen LogP contribution in [0.4, 0.5) is 11.5 Å². The second-order valence-electron chi connectivity index (χ2n) is 5.72. The van der Waals surface area contributed by atoms with E-state index >= 15 is 0 Å². The fourth-order valence-corrected chi connectivity index (χ4v) is 2.72. The van der Waals surface area contributed by atoms with Gasteiger partial charge in [0.1, 0.15) is 0 Å². The largest absolute Gasteiger partial charge is 0.465 e. The van der Waals surface area contributed by atoms with Crippen LogP contribution in [0.1, 0.15) is 15.9 Å². The summed E-state index contributed by atoms with van der Waals surface area (Å²) in [5, 5.41) is 14.0. The molecule has 0 saturated heterocycles. The maximum absolute atomic E-state index is 12.2. The van der Waals surface area contributed by atoms with Gasteiger partial charge in [-0.1, -0.05) is 42.5 Å². The molecular formula is C20H17N3O4. The van der Waals surface area contributed by atoms with Crippen LogP contribution < -0.4 is 5.32 Å². The fraction of sp³-hybridized carbons (Fsp3) is 0.100. The minimum Gasteiger partial charge on any atom is -0.465 e. The molecule has 0 aliphatic heterocycles. The van der Waals surface area contributed by atoms with Gasteiger partial charge in [0.25, 0.3) is 0 Å². The summed E-state index contributed by atoms with van der Waals surface area (Å²) in [4.78, 5) is 26.8. The number of nitrogens with zero attached hydrogens (tertiary/aromatic N) is 2. The first-order valence-corrected chi connectivity index (χ1v) is 8.20. The molecule has 7 heteroatoms. The number of carbonyl (C=O) groups is 1. The summed E-state index contributed by atoms with van der Waals surface area (Å²) in [5.74, 6) is -0.270. The molecule has 0 aliphatic rings. The Kier molecular flexibility index (Phi) is 5.41. The number of benzene rings is 2. The third-order valence-electron chi connectivity index (χ3n) is 4.02. The van der Waals surface area contributed by atoms with E-state index in [1.54, 1.807) is 6.07 Å². The van der Waals surface area contributed by atoms with E-state index in [9.17, 15) is 14.9 Å². The van der Waals surface area contributed by atoms with Crippen LogP contribution in [-0.4, -0.2) is 23.0 Å². The van der Waals surface area contributed by atoms with Crippen LogP contribution >= 0.6 is 0 Å². The molecule has 0 bridgehead atoms. The van der Waals surface area contributed by atoms with E-state index in [1.165, 1.54) is 25.4 Å². The summed E-state index contributed by atoms with van der Waals surface area (Å²) in [6.45, 7) is 0.275. The lowest BCUT2D eigenvalue weighted by molar-refractivity contribution is -0.384. The van der Waals surface area contributed by atoms with Crippen LogP contribution in [0.3, 0.4) is 0 Å². The highest BCUT2D eigenvalue weighted by molar-refractivity contribution is 5.97. The Morgan fingerprint density at radius 1 is 1.15 bits per heavy atom. The lowest BCUT2D eigenvalue weighted by atomic mass is 9.97. The first-order valence-electron chi connectivity index (χ1n) is 8.20. The summed E-state index contributed by atoms with van der Waals surface area (Å²) in [6.07, 6.45) is 1.48. The summed E-state index contributed by atoms with van der Waals surface area (Å²) >= 11 is 0. The molecule has 0 saturated carbocycles. The van der Waals surface area contributed by atoms with Crippen LogP contribution in [0.25, 0.3) is 11.1 Å². The average molecular weight is 363 g/mol. The van der Waals surface area contributed by atoms with Gasteiger partial charge >= 0.3 is 11.7 Å². The number of esters is 1. The van der Waals surface area contributed by atoms with Crippen molar-refractivity contribution in [3.63, 3.8) is 0 Å². The van der Waals surface area contributed by atoms with Crippen LogP contribution in [0, 0.1) is 10.1 Å². The van der Waals surface area contributed by atoms with Crippen molar-refractivity contribution >= 4 is 17.5 Å². The average Bonchev–Trinajstić information content (AvgIpc) is 2.72. The van der Waals surface area contributed by atoms with Crippen LogP contribution in [0.2, 0.25) is 0 Å². The molecule has 3 rings (SSSR count). The SMILES string of the molecule is COC(=O)c1cc(CNc2ncccc2[N+](=O)[O-])ccc1-c1ccccc1. The first kappa shape index (κ1) is 18.1. The Hall–Kier alpha value is -3.74. The number of rotatable bonds is 6. The maximum Gasteiger partial charge on any atom is 0.338 e. The molecule has 3 aromatic rings. The monoisotopic (exact) mass is 363 g/mol. The molecule has 0 fully saturated rings. The molecule has 0 amide bonds. The number of nitrogens with one attached hydrogen (secondary N) is 1. The van der Waals surface area contributed by atoms with Crippen molar-refractivity contribution in [3.05, 3.63) is 88.1 Å². The molecular weight excluding hydrogens is 346 g/mol. The third kappa shape index (κ3) is 4.09. The zero-order chi connectivity index (χ0) is 19.2. The van der Waals surface area contributed by atoms with E-state index in [-0.39, 0.29) is 18.1 Å². The first-order chi connectivity index (χ1) is 13.1. The van der Waals surface area contributed by atoms with Gasteiger partial charge in [-0.3, -0.25) is 10.1 Å². The number of hydrogen-bond donors (Lipinski definition) is 1. The van der Waals surface area contributed by atoms with E-state index in [0.29, 0.717) is 5.56 Å². The smallest absolute Gasteiger partial charge is 0.338 e. The van der Waals surface area contributed by atoms with Gasteiger partial charge in [0.05, 0.1) is 17.6 Å². The number of ether oxygens (including phenoxy) is 1. The molecule has 136 valence electrons. The fourth-order valence-electron chi connectivity index (χ4n) is 2.72. The predicted octanol–water partition coefficient (Wildman–Crippen LogP) is 4.06. The van der Waals surface area contributed by atoms with Gasteiger partial charge in [-0.2, -0.15) is 0 Å². The van der Waals surface area contributed by atoms with Crippen molar-refractivity contribution in [3.8, 4) is 11.1 Å². The molecule has 0 unspecified atom stereocenters. The van der Waals surface area contributed by atoms with Gasteiger partial charge in [-0.15, -0.1) is 0 Å². The summed E-state index contributed by atoms with van der Waals surface area (Å²) < 4.78 is 4.91. The predicted molar refractivity (Wildman–Crippen MR) is 101 cm³/mol. The number of methoxy groups -OCH3 is 1. The zero-order valence-corrected chi connectivity index (χ0v) is 14.6. The Morgan fingerprint density at radius 2 is 1.93 bits per heavy atom.